The van der Waals surface area contributed by atoms with Crippen molar-refractivity contribution in [3.63, 3.8) is 0 Å². The highest BCUT2D eigenvalue weighted by atomic mass is 16.5. The second-order valence-corrected chi connectivity index (χ2v) is 5.22. The van der Waals surface area contributed by atoms with Crippen molar-refractivity contribution in [1.82, 2.24) is 10.3 Å². The molecule has 4 nitrogen and oxygen atoms in total. The first kappa shape index (κ1) is 15.0. The van der Waals surface area contributed by atoms with Gasteiger partial charge in [0.15, 0.2) is 0 Å². The minimum atomic E-state index is 0.358. The molecule has 1 aromatic heterocycles. The minimum Gasteiger partial charge on any atom is -0.380 e. The molecule has 0 bridgehead atoms. The van der Waals surface area contributed by atoms with E-state index in [9.17, 15) is 0 Å². The van der Waals surface area contributed by atoms with Gasteiger partial charge in [-0.25, -0.2) is 4.98 Å². The summed E-state index contributed by atoms with van der Waals surface area (Å²) in [5.74, 6) is 1.06. The quantitative estimate of drug-likeness (QED) is 0.810. The number of ether oxygens (including phenoxy) is 1. The largest absolute Gasteiger partial charge is 0.380 e. The highest BCUT2D eigenvalue weighted by Gasteiger charge is 2.13. The van der Waals surface area contributed by atoms with E-state index in [0.29, 0.717) is 6.04 Å². The van der Waals surface area contributed by atoms with Crippen molar-refractivity contribution in [2.45, 2.75) is 26.3 Å². The summed E-state index contributed by atoms with van der Waals surface area (Å²) >= 11 is 0. The molecule has 1 atom stereocenters. The van der Waals surface area contributed by atoms with Crippen LogP contribution in [-0.2, 0) is 4.74 Å². The number of rotatable bonds is 6. The summed E-state index contributed by atoms with van der Waals surface area (Å²) in [7, 11) is 1.75. The number of anilines is 1. The van der Waals surface area contributed by atoms with Crippen LogP contribution in [0, 0.1) is 0 Å². The maximum absolute atomic E-state index is 5.18. The molecule has 0 fully saturated rings. The second kappa shape index (κ2) is 7.41. The van der Waals surface area contributed by atoms with Gasteiger partial charge in [-0.05, 0) is 37.1 Å². The van der Waals surface area contributed by atoms with E-state index in [-0.39, 0.29) is 0 Å². The molecule has 1 unspecified atom stereocenters. The van der Waals surface area contributed by atoms with Gasteiger partial charge >= 0.3 is 0 Å². The molecule has 0 amide bonds. The first-order valence-electron chi connectivity index (χ1n) is 7.35. The molecule has 0 aromatic carbocycles. The van der Waals surface area contributed by atoms with E-state index < -0.39 is 0 Å². The third kappa shape index (κ3) is 3.81. The molecule has 1 aliphatic rings. The standard InChI is InChI=1S/C16H25N3O/c1-4-17-13(2)15-5-6-16(18-11-15)19-9-7-14(8-10-19)12-20-3/h5-7,11,13,17H,4,8-10,12H2,1-3H3. The summed E-state index contributed by atoms with van der Waals surface area (Å²) in [6, 6.07) is 4.65. The van der Waals surface area contributed by atoms with Crippen molar-refractivity contribution in [3.8, 4) is 0 Å². The van der Waals surface area contributed by atoms with Gasteiger partial charge in [0.2, 0.25) is 0 Å². The Morgan fingerprint density at radius 2 is 2.30 bits per heavy atom. The van der Waals surface area contributed by atoms with Gasteiger partial charge in [-0.3, -0.25) is 0 Å². The van der Waals surface area contributed by atoms with Gasteiger partial charge in [0.25, 0.3) is 0 Å². The van der Waals surface area contributed by atoms with E-state index >= 15 is 0 Å². The maximum Gasteiger partial charge on any atom is 0.128 e. The highest BCUT2D eigenvalue weighted by Crippen LogP contribution is 2.19. The lowest BCUT2D eigenvalue weighted by molar-refractivity contribution is 0.222. The van der Waals surface area contributed by atoms with Crippen molar-refractivity contribution >= 4 is 5.82 Å². The number of aromatic nitrogens is 1. The first-order valence-corrected chi connectivity index (χ1v) is 7.35. The van der Waals surface area contributed by atoms with Crippen LogP contribution in [0.5, 0.6) is 0 Å². The maximum atomic E-state index is 5.18. The summed E-state index contributed by atoms with van der Waals surface area (Å²) < 4.78 is 5.18. The summed E-state index contributed by atoms with van der Waals surface area (Å²) in [6.45, 7) is 7.96. The minimum absolute atomic E-state index is 0.358. The average Bonchev–Trinajstić information content (AvgIpc) is 2.49. The van der Waals surface area contributed by atoms with Crippen LogP contribution in [0.4, 0.5) is 5.82 Å². The van der Waals surface area contributed by atoms with Crippen molar-refractivity contribution in [1.29, 1.82) is 0 Å². The van der Waals surface area contributed by atoms with Crippen LogP contribution in [0.15, 0.2) is 30.0 Å². The van der Waals surface area contributed by atoms with Crippen LogP contribution in [0.3, 0.4) is 0 Å². The Hall–Kier alpha value is -1.39. The second-order valence-electron chi connectivity index (χ2n) is 5.22. The summed E-state index contributed by atoms with van der Waals surface area (Å²) in [5, 5.41) is 3.40. The zero-order valence-corrected chi connectivity index (χ0v) is 12.7. The predicted molar refractivity (Wildman–Crippen MR) is 83.1 cm³/mol. The molecule has 110 valence electrons. The van der Waals surface area contributed by atoms with Crippen LogP contribution in [-0.4, -0.2) is 38.3 Å². The lowest BCUT2D eigenvalue weighted by Crippen LogP contribution is -2.30. The van der Waals surface area contributed by atoms with Crippen molar-refractivity contribution < 1.29 is 4.74 Å². The topological polar surface area (TPSA) is 37.4 Å². The van der Waals surface area contributed by atoms with Gasteiger partial charge in [0, 0.05) is 32.4 Å². The van der Waals surface area contributed by atoms with E-state index in [1.54, 1.807) is 7.11 Å². The molecule has 2 rings (SSSR count). The van der Waals surface area contributed by atoms with Crippen molar-refractivity contribution in [3.05, 3.63) is 35.5 Å². The summed E-state index contributed by atoms with van der Waals surface area (Å²) in [5.41, 5.74) is 2.63. The van der Waals surface area contributed by atoms with Crippen molar-refractivity contribution in [2.24, 2.45) is 0 Å². The third-order valence-corrected chi connectivity index (χ3v) is 3.74. The zero-order chi connectivity index (χ0) is 14.4. The molecule has 4 heteroatoms. The molecule has 1 aliphatic heterocycles. The van der Waals surface area contributed by atoms with Gasteiger partial charge in [-0.1, -0.05) is 19.1 Å². The molecule has 20 heavy (non-hydrogen) atoms. The summed E-state index contributed by atoms with van der Waals surface area (Å²) in [4.78, 5) is 6.91. The molecule has 0 aliphatic carbocycles. The van der Waals surface area contributed by atoms with E-state index in [1.165, 1.54) is 11.1 Å². The summed E-state index contributed by atoms with van der Waals surface area (Å²) in [6.07, 6.45) is 5.30. The molecule has 0 radical (unpaired) electrons. The molecule has 2 heterocycles. The Kier molecular flexibility index (Phi) is 5.56. The molecule has 0 saturated heterocycles. The Labute approximate surface area is 121 Å². The van der Waals surface area contributed by atoms with E-state index in [4.69, 9.17) is 4.74 Å². The molecular weight excluding hydrogens is 250 g/mol. The van der Waals surface area contributed by atoms with Gasteiger partial charge in [0.05, 0.1) is 6.61 Å². The smallest absolute Gasteiger partial charge is 0.128 e. The van der Waals surface area contributed by atoms with Gasteiger partial charge < -0.3 is 15.0 Å². The number of pyridine rings is 1. The van der Waals surface area contributed by atoms with Crippen LogP contribution < -0.4 is 10.2 Å². The Balaban J connectivity index is 1.97. The molecule has 1 aromatic rings. The highest BCUT2D eigenvalue weighted by molar-refractivity contribution is 5.42. The zero-order valence-electron chi connectivity index (χ0n) is 12.7. The number of hydrogen-bond donors (Lipinski definition) is 1. The molecule has 0 spiro atoms. The lowest BCUT2D eigenvalue weighted by Gasteiger charge is -2.27. The normalized spacial score (nSPS) is 16.9. The SMILES string of the molecule is CCNC(C)c1ccc(N2CC=C(COC)CC2)nc1. The van der Waals surface area contributed by atoms with E-state index in [1.807, 2.05) is 6.20 Å². The van der Waals surface area contributed by atoms with Crippen LogP contribution in [0.2, 0.25) is 0 Å². The molecule has 1 N–H and O–H groups in total. The predicted octanol–water partition coefficient (Wildman–Crippen LogP) is 2.54. The van der Waals surface area contributed by atoms with Gasteiger partial charge in [-0.15, -0.1) is 0 Å². The molecule has 0 saturated carbocycles. The average molecular weight is 275 g/mol. The molecular formula is C16H25N3O. The Bertz CT molecular complexity index is 442. The Morgan fingerprint density at radius 3 is 2.85 bits per heavy atom. The van der Waals surface area contributed by atoms with E-state index in [0.717, 1.165) is 38.5 Å². The van der Waals surface area contributed by atoms with Crippen LogP contribution in [0.1, 0.15) is 31.9 Å². The number of methoxy groups -OCH3 is 1. The Morgan fingerprint density at radius 1 is 1.45 bits per heavy atom. The fourth-order valence-corrected chi connectivity index (χ4v) is 2.50. The monoisotopic (exact) mass is 275 g/mol. The van der Waals surface area contributed by atoms with Crippen LogP contribution in [0.25, 0.3) is 0 Å². The number of nitrogens with zero attached hydrogens (tertiary/aromatic N) is 2. The fraction of sp³-hybridized carbons (Fsp3) is 0.562. The van der Waals surface area contributed by atoms with Crippen molar-refractivity contribution in [2.75, 3.05) is 38.3 Å². The lowest BCUT2D eigenvalue weighted by atomic mass is 10.1. The first-order chi connectivity index (χ1) is 9.74. The van der Waals surface area contributed by atoms with Crippen LogP contribution >= 0.6 is 0 Å². The third-order valence-electron chi connectivity index (χ3n) is 3.74. The van der Waals surface area contributed by atoms with Gasteiger partial charge in [-0.2, -0.15) is 0 Å². The fourth-order valence-electron chi connectivity index (χ4n) is 2.50. The number of hydrogen-bond acceptors (Lipinski definition) is 4. The van der Waals surface area contributed by atoms with Gasteiger partial charge in [0.1, 0.15) is 5.82 Å². The number of nitrogens with one attached hydrogen (secondary N) is 1. The van der Waals surface area contributed by atoms with E-state index in [2.05, 4.69) is 47.3 Å².